The third-order valence-electron chi connectivity index (χ3n) is 4.06. The molecule has 27 heavy (non-hydrogen) atoms. The second kappa shape index (κ2) is 11.8. The Morgan fingerprint density at radius 2 is 1.89 bits per heavy atom. The van der Waals surface area contributed by atoms with Crippen LogP contribution in [0.5, 0.6) is 0 Å². The third kappa shape index (κ3) is 7.73. The Bertz CT molecular complexity index is 765. The van der Waals surface area contributed by atoms with E-state index in [0.717, 1.165) is 34.3 Å². The zero-order valence-electron chi connectivity index (χ0n) is 15.5. The Morgan fingerprint density at radius 3 is 2.59 bits per heavy atom. The molecular weight excluding hydrogens is 426 g/mol. The van der Waals surface area contributed by atoms with E-state index in [4.69, 9.17) is 11.6 Å². The summed E-state index contributed by atoms with van der Waals surface area (Å²) in [6.07, 6.45) is 5.49. The first kappa shape index (κ1) is 21.5. The van der Waals surface area contributed by atoms with Crippen LogP contribution in [0.3, 0.4) is 0 Å². The average molecular weight is 451 g/mol. The molecule has 0 aliphatic heterocycles. The van der Waals surface area contributed by atoms with Crippen molar-refractivity contribution in [3.05, 3.63) is 63.6 Å². The molecule has 2 rings (SSSR count). The number of hydrogen-bond donors (Lipinski definition) is 2. The maximum atomic E-state index is 12.2. The molecule has 2 aromatic rings. The predicted octanol–water partition coefficient (Wildman–Crippen LogP) is 6.01. The Hall–Kier alpha value is -1.85. The quantitative estimate of drug-likeness (QED) is 0.265. The first-order valence-corrected chi connectivity index (χ1v) is 10.4. The van der Waals surface area contributed by atoms with Crippen LogP contribution in [0.2, 0.25) is 5.02 Å². The van der Waals surface area contributed by atoms with Crippen molar-refractivity contribution >= 4 is 44.8 Å². The molecule has 1 amide bonds. The van der Waals surface area contributed by atoms with Crippen LogP contribution < -0.4 is 10.7 Å². The van der Waals surface area contributed by atoms with Gasteiger partial charge in [0.1, 0.15) is 0 Å². The zero-order valence-corrected chi connectivity index (χ0v) is 17.8. The lowest BCUT2D eigenvalue weighted by molar-refractivity contribution is -0.119. The molecule has 0 saturated carbocycles. The highest BCUT2D eigenvalue weighted by Crippen LogP contribution is 2.25. The van der Waals surface area contributed by atoms with Crippen molar-refractivity contribution in [3.8, 4) is 0 Å². The summed E-state index contributed by atoms with van der Waals surface area (Å²) < 4.78 is 0.812. The van der Waals surface area contributed by atoms with E-state index < -0.39 is 0 Å². The molecule has 0 bridgehead atoms. The van der Waals surface area contributed by atoms with Crippen molar-refractivity contribution in [1.82, 2.24) is 5.43 Å². The lowest BCUT2D eigenvalue weighted by atomic mass is 10.0. The average Bonchev–Trinajstić information content (AvgIpc) is 2.67. The fourth-order valence-corrected chi connectivity index (χ4v) is 3.42. The molecule has 0 saturated heterocycles. The highest BCUT2D eigenvalue weighted by molar-refractivity contribution is 9.10. The van der Waals surface area contributed by atoms with Crippen LogP contribution >= 0.6 is 27.5 Å². The van der Waals surface area contributed by atoms with Gasteiger partial charge in [-0.2, -0.15) is 5.10 Å². The number of carbonyl (C=O) groups excluding carboxylic acids is 1. The van der Waals surface area contributed by atoms with Gasteiger partial charge in [-0.1, -0.05) is 68.1 Å². The van der Waals surface area contributed by atoms with E-state index in [1.807, 2.05) is 36.4 Å². The van der Waals surface area contributed by atoms with Gasteiger partial charge >= 0.3 is 0 Å². The molecule has 6 heteroatoms. The molecule has 0 radical (unpaired) electrons. The number of hydrazone groups is 1. The number of nitrogens with one attached hydrogen (secondary N) is 2. The van der Waals surface area contributed by atoms with Crippen LogP contribution in [0, 0.1) is 0 Å². The van der Waals surface area contributed by atoms with Gasteiger partial charge < -0.3 is 5.32 Å². The fraction of sp³-hybridized carbons (Fsp3) is 0.333. The van der Waals surface area contributed by atoms with Crippen LogP contribution in [0.15, 0.2) is 58.1 Å². The van der Waals surface area contributed by atoms with E-state index in [9.17, 15) is 4.79 Å². The van der Waals surface area contributed by atoms with E-state index in [0.29, 0.717) is 5.02 Å². The van der Waals surface area contributed by atoms with E-state index in [1.165, 1.54) is 19.3 Å². The summed E-state index contributed by atoms with van der Waals surface area (Å²) in [6.45, 7) is 2.32. The van der Waals surface area contributed by atoms with Gasteiger partial charge in [-0.15, -0.1) is 0 Å². The molecule has 2 aromatic carbocycles. The number of carbonyl (C=O) groups is 1. The number of benzene rings is 2. The molecule has 2 N–H and O–H groups in total. The molecule has 0 aromatic heterocycles. The smallest absolute Gasteiger partial charge is 0.259 e. The van der Waals surface area contributed by atoms with Crippen molar-refractivity contribution in [3.63, 3.8) is 0 Å². The van der Waals surface area contributed by atoms with Crippen molar-refractivity contribution in [2.75, 3.05) is 11.9 Å². The lowest BCUT2D eigenvalue weighted by Gasteiger charge is -2.10. The minimum absolute atomic E-state index is 0.127. The minimum atomic E-state index is -0.196. The molecular formula is C21H25BrClN3O. The van der Waals surface area contributed by atoms with E-state index in [-0.39, 0.29) is 12.5 Å². The first-order chi connectivity index (χ1) is 13.1. The van der Waals surface area contributed by atoms with Crippen molar-refractivity contribution in [2.45, 2.75) is 39.0 Å². The van der Waals surface area contributed by atoms with Crippen molar-refractivity contribution in [2.24, 2.45) is 5.10 Å². The lowest BCUT2D eigenvalue weighted by Crippen LogP contribution is -2.27. The highest BCUT2D eigenvalue weighted by atomic mass is 79.9. The summed E-state index contributed by atoms with van der Waals surface area (Å²) in [4.78, 5) is 12.2. The van der Waals surface area contributed by atoms with E-state index in [2.05, 4.69) is 38.7 Å². The summed E-state index contributed by atoms with van der Waals surface area (Å²) >= 11 is 9.35. The molecule has 144 valence electrons. The molecule has 0 aliphatic carbocycles. The van der Waals surface area contributed by atoms with Gasteiger partial charge in [0.05, 0.1) is 12.3 Å². The van der Waals surface area contributed by atoms with Gasteiger partial charge in [-0.05, 0) is 52.5 Å². The maximum absolute atomic E-state index is 12.2. The molecule has 0 fully saturated rings. The fourth-order valence-electron chi connectivity index (χ4n) is 2.59. The monoisotopic (exact) mass is 449 g/mol. The topological polar surface area (TPSA) is 53.5 Å². The molecule has 0 atom stereocenters. The second-order valence-electron chi connectivity index (χ2n) is 6.25. The SMILES string of the molecule is CCCCCCC(=NNC(=O)CNc1ccc(Cl)cc1Br)c1ccccc1. The Balaban J connectivity index is 1.93. The summed E-state index contributed by atoms with van der Waals surface area (Å²) in [7, 11) is 0. The van der Waals surface area contributed by atoms with Crippen LogP contribution in [-0.2, 0) is 4.79 Å². The van der Waals surface area contributed by atoms with E-state index in [1.54, 1.807) is 12.1 Å². The molecule has 0 heterocycles. The number of amides is 1. The van der Waals surface area contributed by atoms with Crippen molar-refractivity contribution in [1.29, 1.82) is 0 Å². The van der Waals surface area contributed by atoms with Gasteiger partial charge in [0.15, 0.2) is 0 Å². The standard InChI is InChI=1S/C21H25BrClN3O/c1-2-3-4-8-11-19(16-9-6-5-7-10-16)25-26-21(27)15-24-20-13-12-17(23)14-18(20)22/h5-7,9-10,12-14,24H,2-4,8,11,15H2,1H3,(H,26,27). The summed E-state index contributed by atoms with van der Waals surface area (Å²) in [5.74, 6) is -0.196. The van der Waals surface area contributed by atoms with Crippen LogP contribution in [0.25, 0.3) is 0 Å². The number of halogens is 2. The number of unbranched alkanes of at least 4 members (excludes halogenated alkanes) is 3. The summed E-state index contributed by atoms with van der Waals surface area (Å²) in [5.41, 5.74) is 5.43. The zero-order chi connectivity index (χ0) is 19.5. The molecule has 0 unspecified atom stereocenters. The second-order valence-corrected chi connectivity index (χ2v) is 7.54. The van der Waals surface area contributed by atoms with Gasteiger partial charge in [0.2, 0.25) is 0 Å². The van der Waals surface area contributed by atoms with Crippen LogP contribution in [0.4, 0.5) is 5.69 Å². The number of hydrogen-bond acceptors (Lipinski definition) is 3. The van der Waals surface area contributed by atoms with Gasteiger partial charge in [-0.25, -0.2) is 5.43 Å². The summed E-state index contributed by atoms with van der Waals surface area (Å²) in [5, 5.41) is 8.10. The predicted molar refractivity (Wildman–Crippen MR) is 118 cm³/mol. The van der Waals surface area contributed by atoms with Crippen LogP contribution in [-0.4, -0.2) is 18.2 Å². The summed E-state index contributed by atoms with van der Waals surface area (Å²) in [6, 6.07) is 15.4. The van der Waals surface area contributed by atoms with Gasteiger partial charge in [0.25, 0.3) is 5.91 Å². The van der Waals surface area contributed by atoms with Crippen LogP contribution in [0.1, 0.15) is 44.6 Å². The Kier molecular flexibility index (Phi) is 9.36. The minimum Gasteiger partial charge on any atom is -0.375 e. The maximum Gasteiger partial charge on any atom is 0.259 e. The first-order valence-electron chi connectivity index (χ1n) is 9.20. The third-order valence-corrected chi connectivity index (χ3v) is 4.95. The van der Waals surface area contributed by atoms with Gasteiger partial charge in [0, 0.05) is 15.2 Å². The number of rotatable bonds is 10. The Morgan fingerprint density at radius 1 is 1.11 bits per heavy atom. The largest absolute Gasteiger partial charge is 0.375 e. The highest BCUT2D eigenvalue weighted by Gasteiger charge is 2.07. The van der Waals surface area contributed by atoms with Crippen molar-refractivity contribution < 1.29 is 4.79 Å². The van der Waals surface area contributed by atoms with Gasteiger partial charge in [-0.3, -0.25) is 4.79 Å². The number of anilines is 1. The molecule has 0 aliphatic rings. The Labute approximate surface area is 174 Å². The molecule has 0 spiro atoms. The normalized spacial score (nSPS) is 11.3. The molecule has 4 nitrogen and oxygen atoms in total. The number of nitrogens with zero attached hydrogens (tertiary/aromatic N) is 1. The van der Waals surface area contributed by atoms with E-state index >= 15 is 0 Å².